The number of benzene rings is 1. The van der Waals surface area contributed by atoms with E-state index < -0.39 is 16.0 Å². The predicted molar refractivity (Wildman–Crippen MR) is 76.7 cm³/mol. The van der Waals surface area contributed by atoms with Crippen LogP contribution >= 0.6 is 0 Å². The maximum Gasteiger partial charge on any atom is 0.314 e. The van der Waals surface area contributed by atoms with E-state index in [1.54, 1.807) is 10.9 Å². The first kappa shape index (κ1) is 13.7. The molecule has 0 unspecified atom stereocenters. The van der Waals surface area contributed by atoms with Crippen molar-refractivity contribution in [3.8, 4) is 0 Å². The van der Waals surface area contributed by atoms with Gasteiger partial charge in [0.1, 0.15) is 18.4 Å². The van der Waals surface area contributed by atoms with Crippen LogP contribution in [0.25, 0.3) is 11.0 Å². The van der Waals surface area contributed by atoms with Crippen LogP contribution in [-0.4, -0.2) is 19.9 Å². The highest BCUT2D eigenvalue weighted by Gasteiger charge is 2.16. The molecule has 2 aromatic heterocycles. The summed E-state index contributed by atoms with van der Waals surface area (Å²) in [4.78, 5) is 41.2. The number of nitrogens with one attached hydrogen (secondary N) is 3. The van der Waals surface area contributed by atoms with Crippen LogP contribution in [0.1, 0.15) is 11.3 Å². The number of nitro benzene ring substituents is 1. The molecule has 0 amide bonds. The first-order valence-electron chi connectivity index (χ1n) is 6.42. The zero-order chi connectivity index (χ0) is 15.9. The summed E-state index contributed by atoms with van der Waals surface area (Å²) in [7, 11) is 0. The van der Waals surface area contributed by atoms with E-state index in [-0.39, 0.29) is 11.2 Å². The van der Waals surface area contributed by atoms with Gasteiger partial charge in [-0.25, -0.2) is 9.55 Å². The molecule has 3 aromatic rings. The fraction of sp³-hybridized carbons (Fsp3) is 0.154. The molecular formula is C13H12N5O4+. The van der Waals surface area contributed by atoms with Gasteiger partial charge in [-0.3, -0.25) is 19.7 Å². The summed E-state index contributed by atoms with van der Waals surface area (Å²) in [5.74, 6) is 0. The van der Waals surface area contributed by atoms with E-state index in [9.17, 15) is 19.7 Å². The van der Waals surface area contributed by atoms with Crippen LogP contribution < -0.4 is 15.7 Å². The highest BCUT2D eigenvalue weighted by atomic mass is 16.6. The van der Waals surface area contributed by atoms with Crippen molar-refractivity contribution in [1.82, 2.24) is 15.0 Å². The quantitative estimate of drug-likeness (QED) is 0.274. The summed E-state index contributed by atoms with van der Waals surface area (Å²) >= 11 is 0. The lowest BCUT2D eigenvalue weighted by Crippen LogP contribution is -2.33. The van der Waals surface area contributed by atoms with Crippen LogP contribution in [0.15, 0.2) is 34.2 Å². The van der Waals surface area contributed by atoms with Gasteiger partial charge in [-0.15, -0.1) is 0 Å². The summed E-state index contributed by atoms with van der Waals surface area (Å²) in [6, 6.07) is 2.61. The molecule has 0 spiro atoms. The number of hydrogen-bond donors (Lipinski definition) is 3. The third kappa shape index (κ3) is 2.39. The number of hydrogen-bond acceptors (Lipinski definition) is 4. The van der Waals surface area contributed by atoms with Crippen molar-refractivity contribution in [3.05, 3.63) is 66.7 Å². The van der Waals surface area contributed by atoms with Gasteiger partial charge in [-0.2, -0.15) is 0 Å². The number of nitrogens with zero attached hydrogens (tertiary/aromatic N) is 2. The first-order valence-corrected chi connectivity index (χ1v) is 6.42. The Kier molecular flexibility index (Phi) is 3.09. The van der Waals surface area contributed by atoms with Crippen LogP contribution in [0, 0.1) is 17.0 Å². The Bertz CT molecular complexity index is 998. The third-order valence-electron chi connectivity index (χ3n) is 3.28. The van der Waals surface area contributed by atoms with Crippen molar-refractivity contribution >= 4 is 16.7 Å². The second-order valence-electron chi connectivity index (χ2n) is 4.95. The first-order chi connectivity index (χ1) is 10.4. The number of fused-ring (bicyclic) bond motifs is 1. The van der Waals surface area contributed by atoms with E-state index in [4.69, 9.17) is 0 Å². The smallest absolute Gasteiger partial charge is 0.314 e. The van der Waals surface area contributed by atoms with Gasteiger partial charge in [0, 0.05) is 24.6 Å². The summed E-state index contributed by atoms with van der Waals surface area (Å²) in [5.41, 5.74) is 0.265. The topological polar surface area (TPSA) is 129 Å². The van der Waals surface area contributed by atoms with E-state index in [0.29, 0.717) is 17.6 Å². The van der Waals surface area contributed by atoms with Gasteiger partial charge in [0.05, 0.1) is 16.0 Å². The minimum Gasteiger partial charge on any atom is -0.316 e. The third-order valence-corrected chi connectivity index (χ3v) is 3.28. The van der Waals surface area contributed by atoms with Gasteiger partial charge in [-0.05, 0) is 0 Å². The SMILES string of the molecule is Cc1c[n+](Cc2cc([N+](=O)[O-])cc3[nH]c(=O)c(=O)[nH]c23)c[nH]1. The number of aromatic amines is 3. The molecule has 0 atom stereocenters. The average molecular weight is 302 g/mol. The average Bonchev–Trinajstić information content (AvgIpc) is 2.86. The van der Waals surface area contributed by atoms with Gasteiger partial charge in [0.15, 0.2) is 0 Å². The monoisotopic (exact) mass is 302 g/mol. The lowest BCUT2D eigenvalue weighted by Gasteiger charge is -2.04. The van der Waals surface area contributed by atoms with E-state index >= 15 is 0 Å². The van der Waals surface area contributed by atoms with Crippen molar-refractivity contribution in [3.63, 3.8) is 0 Å². The molecule has 22 heavy (non-hydrogen) atoms. The van der Waals surface area contributed by atoms with Gasteiger partial charge in [0.25, 0.3) is 5.69 Å². The van der Waals surface area contributed by atoms with Crippen LogP contribution in [0.3, 0.4) is 0 Å². The molecule has 0 bridgehead atoms. The number of nitro groups is 1. The van der Waals surface area contributed by atoms with Crippen molar-refractivity contribution in [2.24, 2.45) is 0 Å². The maximum atomic E-state index is 11.5. The van der Waals surface area contributed by atoms with E-state index in [2.05, 4.69) is 15.0 Å². The molecule has 2 heterocycles. The highest BCUT2D eigenvalue weighted by molar-refractivity contribution is 5.80. The standard InChI is InChI=1S/C13H11N5O4/c1-7-4-17(6-14-7)5-8-2-9(18(21)22)3-10-11(8)16-13(20)12(19)15-10/h2-4,6H,5H2,1H3,(H2,15,16,19,20)/p+1. The predicted octanol–water partition coefficient (Wildman–Crippen LogP) is 0.0969. The van der Waals surface area contributed by atoms with Crippen LogP contribution in [0.5, 0.6) is 0 Å². The number of H-pyrrole nitrogens is 3. The summed E-state index contributed by atoms with van der Waals surface area (Å²) in [6.45, 7) is 2.19. The summed E-state index contributed by atoms with van der Waals surface area (Å²) in [6.07, 6.45) is 3.54. The second kappa shape index (κ2) is 4.95. The number of non-ortho nitro benzene ring substituents is 1. The summed E-state index contributed by atoms with van der Waals surface area (Å²) in [5, 5.41) is 11.0. The van der Waals surface area contributed by atoms with E-state index in [1.807, 2.05) is 13.1 Å². The molecule has 0 aliphatic rings. The fourth-order valence-electron chi connectivity index (χ4n) is 2.31. The Morgan fingerprint density at radius 2 is 1.95 bits per heavy atom. The molecule has 0 fully saturated rings. The minimum absolute atomic E-state index is 0.155. The Morgan fingerprint density at radius 3 is 2.59 bits per heavy atom. The molecule has 9 nitrogen and oxygen atoms in total. The van der Waals surface area contributed by atoms with Crippen LogP contribution in [0.2, 0.25) is 0 Å². The Morgan fingerprint density at radius 1 is 1.23 bits per heavy atom. The molecule has 0 radical (unpaired) electrons. The zero-order valence-corrected chi connectivity index (χ0v) is 11.5. The van der Waals surface area contributed by atoms with Gasteiger partial charge < -0.3 is 9.97 Å². The normalized spacial score (nSPS) is 11.0. The molecule has 3 rings (SSSR count). The molecular weight excluding hydrogens is 290 g/mol. The Balaban J connectivity index is 2.25. The number of rotatable bonds is 3. The molecule has 112 valence electrons. The van der Waals surface area contributed by atoms with Crippen molar-refractivity contribution in [2.75, 3.05) is 0 Å². The number of aromatic nitrogens is 4. The maximum absolute atomic E-state index is 11.5. The molecule has 3 N–H and O–H groups in total. The second-order valence-corrected chi connectivity index (χ2v) is 4.95. The van der Waals surface area contributed by atoms with Crippen LogP contribution in [0.4, 0.5) is 5.69 Å². The van der Waals surface area contributed by atoms with E-state index in [1.165, 1.54) is 12.1 Å². The van der Waals surface area contributed by atoms with Crippen molar-refractivity contribution in [1.29, 1.82) is 0 Å². The molecule has 0 saturated heterocycles. The van der Waals surface area contributed by atoms with Gasteiger partial charge in [-0.1, -0.05) is 0 Å². The highest BCUT2D eigenvalue weighted by Crippen LogP contribution is 2.21. The number of imidazole rings is 1. The van der Waals surface area contributed by atoms with Gasteiger partial charge in [0.2, 0.25) is 6.33 Å². The fourth-order valence-corrected chi connectivity index (χ4v) is 2.31. The van der Waals surface area contributed by atoms with E-state index in [0.717, 1.165) is 5.69 Å². The lowest BCUT2D eigenvalue weighted by atomic mass is 10.1. The van der Waals surface area contributed by atoms with Crippen LogP contribution in [-0.2, 0) is 6.54 Å². The molecule has 0 saturated carbocycles. The summed E-state index contributed by atoms with van der Waals surface area (Å²) < 4.78 is 1.79. The number of aryl methyl sites for hydroxylation is 1. The Labute approximate surface area is 122 Å². The van der Waals surface area contributed by atoms with Crippen molar-refractivity contribution in [2.45, 2.75) is 13.5 Å². The molecule has 0 aliphatic heterocycles. The Hall–Kier alpha value is -3.23. The zero-order valence-electron chi connectivity index (χ0n) is 11.5. The molecule has 1 aromatic carbocycles. The van der Waals surface area contributed by atoms with Crippen molar-refractivity contribution < 1.29 is 9.49 Å². The lowest BCUT2D eigenvalue weighted by molar-refractivity contribution is -0.687. The minimum atomic E-state index is -0.843. The van der Waals surface area contributed by atoms with Gasteiger partial charge >= 0.3 is 11.1 Å². The molecule has 9 heteroatoms. The molecule has 0 aliphatic carbocycles. The largest absolute Gasteiger partial charge is 0.316 e.